The molecule has 0 fully saturated rings. The molecule has 0 spiro atoms. The second kappa shape index (κ2) is 5.63. The number of nitrogens with zero attached hydrogens (tertiary/aromatic N) is 1. The molecule has 96 valence electrons. The fraction of sp³-hybridized carbons (Fsp3) is 0.308. The third-order valence-corrected chi connectivity index (χ3v) is 2.90. The first-order valence-corrected chi connectivity index (χ1v) is 6.49. The van der Waals surface area contributed by atoms with Crippen molar-refractivity contribution in [1.82, 2.24) is 10.3 Å². The largest absolute Gasteiger partial charge is 0.444 e. The van der Waals surface area contributed by atoms with Gasteiger partial charge in [-0.1, -0.05) is 29.8 Å². The van der Waals surface area contributed by atoms with Crippen LogP contribution in [0, 0.1) is 5.82 Å². The lowest BCUT2D eigenvalue weighted by Crippen LogP contribution is -2.21. The van der Waals surface area contributed by atoms with Crippen LogP contribution in [0.2, 0.25) is 0 Å². The Bertz CT molecular complexity index is 540. The molecule has 0 aliphatic heterocycles. The van der Waals surface area contributed by atoms with Crippen LogP contribution in [0.25, 0.3) is 11.5 Å². The fourth-order valence-corrected chi connectivity index (χ4v) is 1.84. The Hall–Kier alpha value is -1.20. The van der Waals surface area contributed by atoms with E-state index >= 15 is 0 Å². The highest BCUT2D eigenvalue weighted by Crippen LogP contribution is 2.25. The second-order valence-electron chi connectivity index (χ2n) is 4.30. The molecule has 0 saturated carbocycles. The summed E-state index contributed by atoms with van der Waals surface area (Å²) in [5, 5.41) is 3.23. The molecule has 0 aliphatic carbocycles. The van der Waals surface area contributed by atoms with Gasteiger partial charge in [-0.3, -0.25) is 0 Å². The predicted octanol–water partition coefficient (Wildman–Crippen LogP) is 3.74. The Morgan fingerprint density at radius 1 is 1.44 bits per heavy atom. The molecule has 1 aromatic carbocycles. The molecular weight excluding hydrogens is 299 g/mol. The second-order valence-corrected chi connectivity index (χ2v) is 5.22. The fourth-order valence-electron chi connectivity index (χ4n) is 1.48. The number of hydrogen-bond donors (Lipinski definition) is 1. The minimum Gasteiger partial charge on any atom is -0.444 e. The topological polar surface area (TPSA) is 38.1 Å². The lowest BCUT2D eigenvalue weighted by Gasteiger charge is -2.04. The molecule has 1 aromatic heterocycles. The van der Waals surface area contributed by atoms with Gasteiger partial charge in [-0.25, -0.2) is 9.37 Å². The van der Waals surface area contributed by atoms with E-state index in [2.05, 4.69) is 40.1 Å². The molecule has 3 nitrogen and oxygen atoms in total. The van der Waals surface area contributed by atoms with E-state index < -0.39 is 0 Å². The third kappa shape index (κ3) is 3.17. The van der Waals surface area contributed by atoms with Crippen LogP contribution < -0.4 is 5.32 Å². The minimum absolute atomic E-state index is 0.300. The van der Waals surface area contributed by atoms with Crippen LogP contribution in [0.5, 0.6) is 0 Å². The van der Waals surface area contributed by atoms with Crippen LogP contribution in [0.3, 0.4) is 0 Å². The van der Waals surface area contributed by atoms with E-state index in [9.17, 15) is 4.39 Å². The van der Waals surface area contributed by atoms with Gasteiger partial charge in [0.05, 0.1) is 11.3 Å². The van der Waals surface area contributed by atoms with Gasteiger partial charge in [0.15, 0.2) is 0 Å². The van der Waals surface area contributed by atoms with Crippen molar-refractivity contribution in [3.8, 4) is 11.5 Å². The SMILES string of the molecule is CC(C)NCc1coc(-c2cc(Br)ccc2F)n1. The number of rotatable bonds is 4. The van der Waals surface area contributed by atoms with Gasteiger partial charge in [0.2, 0.25) is 5.89 Å². The monoisotopic (exact) mass is 312 g/mol. The zero-order valence-corrected chi connectivity index (χ0v) is 11.8. The molecule has 0 atom stereocenters. The standard InChI is InChI=1S/C13H14BrFN2O/c1-8(2)16-6-10-7-18-13(17-10)11-5-9(14)3-4-12(11)15/h3-5,7-8,16H,6H2,1-2H3. The number of halogens is 2. The number of benzene rings is 1. The molecule has 0 aliphatic rings. The normalized spacial score (nSPS) is 11.2. The van der Waals surface area contributed by atoms with Gasteiger partial charge in [-0.05, 0) is 18.2 Å². The van der Waals surface area contributed by atoms with Crippen LogP contribution >= 0.6 is 15.9 Å². The van der Waals surface area contributed by atoms with Gasteiger partial charge in [0.25, 0.3) is 0 Å². The molecule has 0 saturated heterocycles. The number of nitrogens with one attached hydrogen (secondary N) is 1. The highest BCUT2D eigenvalue weighted by Gasteiger charge is 2.12. The van der Waals surface area contributed by atoms with Crippen LogP contribution in [-0.2, 0) is 6.54 Å². The molecule has 2 aromatic rings. The van der Waals surface area contributed by atoms with Crippen molar-refractivity contribution in [2.75, 3.05) is 0 Å². The summed E-state index contributed by atoms with van der Waals surface area (Å²) in [6, 6.07) is 5.05. The molecule has 0 bridgehead atoms. The van der Waals surface area contributed by atoms with E-state index in [1.54, 1.807) is 18.4 Å². The van der Waals surface area contributed by atoms with E-state index in [4.69, 9.17) is 4.42 Å². The summed E-state index contributed by atoms with van der Waals surface area (Å²) in [7, 11) is 0. The summed E-state index contributed by atoms with van der Waals surface area (Å²) in [6.45, 7) is 4.71. The Kier molecular flexibility index (Phi) is 4.14. The summed E-state index contributed by atoms with van der Waals surface area (Å²) in [6.07, 6.45) is 1.55. The van der Waals surface area contributed by atoms with Gasteiger partial charge in [0.1, 0.15) is 12.1 Å². The van der Waals surface area contributed by atoms with Gasteiger partial charge in [-0.15, -0.1) is 0 Å². The maximum absolute atomic E-state index is 13.6. The average molecular weight is 313 g/mol. The van der Waals surface area contributed by atoms with Crippen molar-refractivity contribution < 1.29 is 8.81 Å². The Balaban J connectivity index is 2.21. The third-order valence-electron chi connectivity index (χ3n) is 2.40. The van der Waals surface area contributed by atoms with E-state index in [0.717, 1.165) is 10.2 Å². The molecular formula is C13H14BrFN2O. The highest BCUT2D eigenvalue weighted by molar-refractivity contribution is 9.10. The summed E-state index contributed by atoms with van der Waals surface area (Å²) >= 11 is 3.30. The van der Waals surface area contributed by atoms with Crippen LogP contribution in [0.1, 0.15) is 19.5 Å². The Labute approximate surface area is 114 Å². The van der Waals surface area contributed by atoms with Crippen molar-refractivity contribution in [3.63, 3.8) is 0 Å². The molecule has 5 heteroatoms. The summed E-state index contributed by atoms with van der Waals surface area (Å²) in [4.78, 5) is 4.26. The lowest BCUT2D eigenvalue weighted by atomic mass is 10.2. The van der Waals surface area contributed by atoms with Crippen molar-refractivity contribution in [1.29, 1.82) is 0 Å². The summed E-state index contributed by atoms with van der Waals surface area (Å²) in [5.41, 5.74) is 1.12. The van der Waals surface area contributed by atoms with Crippen molar-refractivity contribution in [2.24, 2.45) is 0 Å². The molecule has 0 amide bonds. The van der Waals surface area contributed by atoms with E-state index in [0.29, 0.717) is 24.0 Å². The minimum atomic E-state index is -0.344. The first-order valence-electron chi connectivity index (χ1n) is 5.69. The van der Waals surface area contributed by atoms with Crippen LogP contribution in [0.15, 0.2) is 33.4 Å². The summed E-state index contributed by atoms with van der Waals surface area (Å²) in [5.74, 6) is -0.0437. The average Bonchev–Trinajstić information content (AvgIpc) is 2.78. The predicted molar refractivity (Wildman–Crippen MR) is 71.6 cm³/mol. The lowest BCUT2D eigenvalue weighted by molar-refractivity contribution is 0.553. The van der Waals surface area contributed by atoms with E-state index in [-0.39, 0.29) is 5.82 Å². The van der Waals surface area contributed by atoms with Gasteiger partial charge in [-0.2, -0.15) is 0 Å². The smallest absolute Gasteiger partial charge is 0.229 e. The van der Waals surface area contributed by atoms with E-state index in [1.165, 1.54) is 6.07 Å². The molecule has 1 heterocycles. The Morgan fingerprint density at radius 2 is 2.22 bits per heavy atom. The van der Waals surface area contributed by atoms with Crippen LogP contribution in [0.4, 0.5) is 4.39 Å². The van der Waals surface area contributed by atoms with E-state index in [1.807, 2.05) is 0 Å². The number of oxazole rings is 1. The molecule has 18 heavy (non-hydrogen) atoms. The number of hydrogen-bond acceptors (Lipinski definition) is 3. The van der Waals surface area contributed by atoms with Crippen LogP contribution in [-0.4, -0.2) is 11.0 Å². The first-order chi connectivity index (χ1) is 8.56. The van der Waals surface area contributed by atoms with Crippen molar-refractivity contribution in [2.45, 2.75) is 26.4 Å². The van der Waals surface area contributed by atoms with Gasteiger partial charge >= 0.3 is 0 Å². The zero-order valence-electron chi connectivity index (χ0n) is 10.2. The quantitative estimate of drug-likeness (QED) is 0.934. The molecule has 2 rings (SSSR count). The van der Waals surface area contributed by atoms with Gasteiger partial charge < -0.3 is 9.73 Å². The number of aromatic nitrogens is 1. The zero-order chi connectivity index (χ0) is 13.1. The maximum atomic E-state index is 13.6. The highest BCUT2D eigenvalue weighted by atomic mass is 79.9. The van der Waals surface area contributed by atoms with Crippen molar-refractivity contribution >= 4 is 15.9 Å². The molecule has 1 N–H and O–H groups in total. The first kappa shape index (κ1) is 13.2. The maximum Gasteiger partial charge on any atom is 0.229 e. The Morgan fingerprint density at radius 3 is 2.94 bits per heavy atom. The van der Waals surface area contributed by atoms with Gasteiger partial charge in [0, 0.05) is 17.1 Å². The van der Waals surface area contributed by atoms with Crippen molar-refractivity contribution in [3.05, 3.63) is 40.4 Å². The summed E-state index contributed by atoms with van der Waals surface area (Å²) < 4.78 is 19.7. The molecule has 0 unspecified atom stereocenters. The molecule has 0 radical (unpaired) electrons.